The molecule has 5 nitrogen and oxygen atoms in total. The molecular formula is CH11N3O2P2. The second-order valence-electron chi connectivity index (χ2n) is 0.946. The van der Waals surface area contributed by atoms with Gasteiger partial charge in [-0.3, -0.25) is 21.1 Å². The number of aliphatic hydroxyl groups excluding tert-OH is 1. The summed E-state index contributed by atoms with van der Waals surface area (Å²) in [5.41, 5.74) is 13.4. The maximum absolute atomic E-state index is 9.55. The van der Waals surface area contributed by atoms with Crippen LogP contribution in [0.25, 0.3) is 0 Å². The summed E-state index contributed by atoms with van der Waals surface area (Å²) in [6.45, 7) is 0. The molecular weight excluding hydrogens is 148 g/mol. The highest BCUT2D eigenvalue weighted by atomic mass is 31.2. The van der Waals surface area contributed by atoms with Gasteiger partial charge in [-0.25, -0.2) is 0 Å². The molecule has 0 amide bonds. The molecule has 0 saturated heterocycles. The quantitative estimate of drug-likeness (QED) is 0.331. The van der Waals surface area contributed by atoms with Crippen molar-refractivity contribution in [3.8, 4) is 0 Å². The van der Waals surface area contributed by atoms with Gasteiger partial charge in [-0.15, -0.1) is 9.24 Å². The highest BCUT2D eigenvalue weighted by Crippen LogP contribution is 2.06. The molecule has 7 N–H and O–H groups in total. The average Bonchev–Trinajstić information content (AvgIpc) is 1.27. The highest BCUT2D eigenvalue weighted by molar-refractivity contribution is 7.56. The van der Waals surface area contributed by atoms with Crippen LogP contribution in [0.2, 0.25) is 0 Å². The van der Waals surface area contributed by atoms with Gasteiger partial charge in [0.05, 0.1) is 6.35 Å². The van der Waals surface area contributed by atoms with Gasteiger partial charge in [0.15, 0.2) is 0 Å². The summed E-state index contributed by atoms with van der Waals surface area (Å²) in [6.07, 6.45) is 0.167. The van der Waals surface area contributed by atoms with E-state index in [-0.39, 0.29) is 6.35 Å². The molecule has 0 aliphatic carbocycles. The molecule has 0 radical (unpaired) electrons. The van der Waals surface area contributed by atoms with E-state index in [0.717, 1.165) is 0 Å². The topological polar surface area (TPSA) is 115 Å². The standard InChI is InChI=1S/CH5OP.H6N3OP/c2-1-3;1-5(2,3)4/h2H,1,3H2;(H6,1,2,3,4). The second kappa shape index (κ2) is 5.63. The lowest BCUT2D eigenvalue weighted by Gasteiger charge is -1.88. The Morgan fingerprint density at radius 1 is 1.50 bits per heavy atom. The predicted molar refractivity (Wildman–Crippen MR) is 37.0 cm³/mol. The SMILES string of the molecule is NP(N)(N)=O.OCP. The van der Waals surface area contributed by atoms with Crippen molar-refractivity contribution in [1.82, 2.24) is 0 Å². The first-order valence-electron chi connectivity index (χ1n) is 1.68. The van der Waals surface area contributed by atoms with E-state index in [1.807, 2.05) is 0 Å². The zero-order chi connectivity index (χ0) is 7.21. The molecule has 0 bridgehead atoms. The van der Waals surface area contributed by atoms with Gasteiger partial charge in [0, 0.05) is 0 Å². The van der Waals surface area contributed by atoms with Crippen molar-refractivity contribution in [3.05, 3.63) is 0 Å². The normalized spacial score (nSPS) is 9.62. The summed E-state index contributed by atoms with van der Waals surface area (Å²) in [7, 11) is -1.00. The van der Waals surface area contributed by atoms with Crippen LogP contribution < -0.4 is 16.5 Å². The minimum Gasteiger partial charge on any atom is -0.392 e. The highest BCUT2D eigenvalue weighted by Gasteiger charge is 1.90. The van der Waals surface area contributed by atoms with Crippen LogP contribution in [-0.4, -0.2) is 11.5 Å². The molecule has 0 aromatic rings. The summed E-state index contributed by atoms with van der Waals surface area (Å²) in [5, 5.41) is 7.53. The third kappa shape index (κ3) is 786. The van der Waals surface area contributed by atoms with Gasteiger partial charge in [0.25, 0.3) is 7.59 Å². The monoisotopic (exact) mass is 159 g/mol. The Balaban J connectivity index is 0. The van der Waals surface area contributed by atoms with Crippen LogP contribution in [0.5, 0.6) is 0 Å². The number of aliphatic hydroxyl groups is 1. The fraction of sp³-hybridized carbons (Fsp3) is 1.00. The van der Waals surface area contributed by atoms with Crippen molar-refractivity contribution >= 4 is 16.8 Å². The third-order valence-electron chi connectivity index (χ3n) is 0. The molecule has 0 saturated carbocycles. The molecule has 8 heavy (non-hydrogen) atoms. The summed E-state index contributed by atoms with van der Waals surface area (Å²) in [6, 6.07) is 0. The fourth-order valence-corrected chi connectivity index (χ4v) is 0. The third-order valence-corrected chi connectivity index (χ3v) is 0. The zero-order valence-corrected chi connectivity index (χ0v) is 6.37. The van der Waals surface area contributed by atoms with Crippen LogP contribution >= 0.6 is 16.8 Å². The fourth-order valence-electron chi connectivity index (χ4n) is 0. The molecule has 52 valence electrons. The van der Waals surface area contributed by atoms with E-state index in [2.05, 4.69) is 25.8 Å². The first-order valence-corrected chi connectivity index (χ1v) is 4.41. The van der Waals surface area contributed by atoms with Gasteiger partial charge >= 0.3 is 0 Å². The summed E-state index contributed by atoms with van der Waals surface area (Å²) in [4.78, 5) is 0. The maximum atomic E-state index is 9.55. The molecule has 1 unspecified atom stereocenters. The minimum atomic E-state index is -3.14. The Hall–Kier alpha value is 0.500. The van der Waals surface area contributed by atoms with Crippen LogP contribution in [0.1, 0.15) is 0 Å². The summed E-state index contributed by atoms with van der Waals surface area (Å²) in [5.74, 6) is 0. The number of nitrogens with two attached hydrogens (primary N) is 3. The van der Waals surface area contributed by atoms with Crippen molar-refractivity contribution in [2.75, 3.05) is 6.35 Å². The van der Waals surface area contributed by atoms with Crippen molar-refractivity contribution in [1.29, 1.82) is 0 Å². The molecule has 0 aliphatic heterocycles. The van der Waals surface area contributed by atoms with Gasteiger partial charge < -0.3 is 5.11 Å². The van der Waals surface area contributed by atoms with Crippen molar-refractivity contribution < 1.29 is 9.67 Å². The molecule has 0 heterocycles. The van der Waals surface area contributed by atoms with Gasteiger partial charge in [0.2, 0.25) is 0 Å². The Morgan fingerprint density at radius 2 is 1.50 bits per heavy atom. The number of rotatable bonds is 0. The van der Waals surface area contributed by atoms with E-state index >= 15 is 0 Å². The average molecular weight is 159 g/mol. The van der Waals surface area contributed by atoms with E-state index in [9.17, 15) is 4.57 Å². The molecule has 0 spiro atoms. The van der Waals surface area contributed by atoms with Crippen molar-refractivity contribution in [3.63, 3.8) is 0 Å². The molecule has 7 heteroatoms. The van der Waals surface area contributed by atoms with Gasteiger partial charge in [-0.2, -0.15) is 0 Å². The molecule has 0 aliphatic rings. The molecule has 0 fully saturated rings. The Labute approximate surface area is 50.3 Å². The molecule has 0 aromatic carbocycles. The van der Waals surface area contributed by atoms with E-state index in [4.69, 9.17) is 5.11 Å². The van der Waals surface area contributed by atoms with E-state index < -0.39 is 7.59 Å². The predicted octanol–water partition coefficient (Wildman–Crippen LogP) is -1.22. The lowest BCUT2D eigenvalue weighted by Crippen LogP contribution is -2.12. The largest absolute Gasteiger partial charge is 0.392 e. The zero-order valence-electron chi connectivity index (χ0n) is 4.32. The Bertz CT molecular complexity index is 71.1. The minimum absolute atomic E-state index is 0.167. The van der Waals surface area contributed by atoms with Crippen LogP contribution in [0.15, 0.2) is 0 Å². The lowest BCUT2D eigenvalue weighted by atomic mass is 11.7. The van der Waals surface area contributed by atoms with Crippen LogP contribution in [0.4, 0.5) is 0 Å². The maximum Gasteiger partial charge on any atom is 0.271 e. The first-order chi connectivity index (χ1) is 3.41. The van der Waals surface area contributed by atoms with Crippen LogP contribution in [0, 0.1) is 0 Å². The van der Waals surface area contributed by atoms with Crippen molar-refractivity contribution in [2.24, 2.45) is 16.5 Å². The molecule has 0 aromatic heterocycles. The summed E-state index contributed by atoms with van der Waals surface area (Å²) < 4.78 is 9.55. The molecule has 0 rings (SSSR count). The van der Waals surface area contributed by atoms with Gasteiger partial charge in [-0.1, -0.05) is 0 Å². The van der Waals surface area contributed by atoms with Crippen molar-refractivity contribution in [2.45, 2.75) is 0 Å². The summed E-state index contributed by atoms with van der Waals surface area (Å²) >= 11 is 0. The lowest BCUT2D eigenvalue weighted by molar-refractivity contribution is 0.375. The van der Waals surface area contributed by atoms with Crippen LogP contribution in [0.3, 0.4) is 0 Å². The van der Waals surface area contributed by atoms with E-state index in [0.29, 0.717) is 0 Å². The smallest absolute Gasteiger partial charge is 0.271 e. The first kappa shape index (κ1) is 11.3. The van der Waals surface area contributed by atoms with E-state index in [1.54, 1.807) is 0 Å². The van der Waals surface area contributed by atoms with Gasteiger partial charge in [-0.05, 0) is 0 Å². The number of hydrogen-bond acceptors (Lipinski definition) is 2. The van der Waals surface area contributed by atoms with Crippen LogP contribution in [-0.2, 0) is 4.57 Å². The van der Waals surface area contributed by atoms with E-state index in [1.165, 1.54) is 0 Å². The number of hydrogen-bond donors (Lipinski definition) is 4. The second-order valence-corrected chi connectivity index (χ2v) is 2.84. The molecule has 1 atom stereocenters. The Morgan fingerprint density at radius 3 is 1.50 bits per heavy atom. The Kier molecular flexibility index (Phi) is 7.97. The van der Waals surface area contributed by atoms with Gasteiger partial charge in [0.1, 0.15) is 0 Å².